The van der Waals surface area contributed by atoms with Gasteiger partial charge in [-0.3, -0.25) is 9.59 Å². The Morgan fingerprint density at radius 2 is 2.04 bits per heavy atom. The van der Waals surface area contributed by atoms with Gasteiger partial charge in [0.15, 0.2) is 11.6 Å². The molecule has 2 aromatic rings. The highest BCUT2D eigenvalue weighted by atomic mass is 19.2. The summed E-state index contributed by atoms with van der Waals surface area (Å²) < 4.78 is 28.0. The van der Waals surface area contributed by atoms with E-state index in [1.54, 1.807) is 19.1 Å². The maximum absolute atomic E-state index is 13.5. The van der Waals surface area contributed by atoms with Crippen LogP contribution in [0.4, 0.5) is 8.78 Å². The van der Waals surface area contributed by atoms with Crippen LogP contribution in [-0.4, -0.2) is 33.1 Å². The number of hydrogen-bond acceptors (Lipinski definition) is 3. The number of benzene rings is 1. The van der Waals surface area contributed by atoms with Crippen molar-refractivity contribution in [3.63, 3.8) is 0 Å². The van der Waals surface area contributed by atoms with Crippen LogP contribution in [0.1, 0.15) is 23.6 Å². The first-order valence-corrected chi connectivity index (χ1v) is 7.95. The van der Waals surface area contributed by atoms with Gasteiger partial charge in [0, 0.05) is 18.3 Å². The number of pyridine rings is 1. The number of aryl methyl sites for hydroxylation is 1. The zero-order valence-electron chi connectivity index (χ0n) is 13.7. The summed E-state index contributed by atoms with van der Waals surface area (Å²) in [5.74, 6) is -2.33. The fourth-order valence-corrected chi connectivity index (χ4v) is 3.14. The van der Waals surface area contributed by atoms with Gasteiger partial charge in [-0.1, -0.05) is 12.1 Å². The van der Waals surface area contributed by atoms with Crippen molar-refractivity contribution in [2.75, 3.05) is 6.54 Å². The zero-order valence-corrected chi connectivity index (χ0v) is 13.7. The second-order valence-corrected chi connectivity index (χ2v) is 6.25. The Balaban J connectivity index is 1.86. The molecule has 2 atom stereocenters. The summed E-state index contributed by atoms with van der Waals surface area (Å²) in [7, 11) is 0. The van der Waals surface area contributed by atoms with Gasteiger partial charge >= 0.3 is 0 Å². The van der Waals surface area contributed by atoms with Crippen molar-refractivity contribution in [2.45, 2.75) is 32.0 Å². The molecule has 5 nitrogen and oxygen atoms in total. The fraction of sp³-hybridized carbons (Fsp3) is 0.333. The Bertz CT molecular complexity index is 866. The minimum absolute atomic E-state index is 0.0864. The first kappa shape index (κ1) is 17.3. The molecule has 25 heavy (non-hydrogen) atoms. The molecule has 0 radical (unpaired) electrons. The Hall–Kier alpha value is -2.54. The zero-order chi connectivity index (χ0) is 18.1. The molecule has 1 fully saturated rings. The number of likely N-dealkylation sites (tertiary alicyclic amines) is 1. The number of rotatable bonds is 3. The highest BCUT2D eigenvalue weighted by Gasteiger charge is 2.35. The Kier molecular flexibility index (Phi) is 4.67. The monoisotopic (exact) mass is 348 g/mol. The number of nitrogens with zero attached hydrogens (tertiary/aromatic N) is 2. The topological polar surface area (TPSA) is 62.5 Å². The van der Waals surface area contributed by atoms with E-state index >= 15 is 0 Å². The Morgan fingerprint density at radius 1 is 1.28 bits per heavy atom. The number of β-amino-alcohol motifs (C(OH)–C–C–N with tert-alkyl or cyclic N) is 1. The van der Waals surface area contributed by atoms with Crippen LogP contribution in [0.2, 0.25) is 0 Å². The van der Waals surface area contributed by atoms with Gasteiger partial charge in [-0.15, -0.1) is 0 Å². The number of aromatic nitrogens is 1. The standard InChI is InChI=1S/C18H18F2N2O3/c1-11-3-2-6-21(18(11)25)10-17(24)22-9-13(23)8-16(22)12-4-5-14(19)15(20)7-12/h2-7,13,16,23H,8-10H2,1H3/t13-,16+/m1/s1. The van der Waals surface area contributed by atoms with E-state index in [0.717, 1.165) is 12.1 Å². The van der Waals surface area contributed by atoms with Gasteiger partial charge in [0.2, 0.25) is 5.91 Å². The number of carbonyl (C=O) groups is 1. The lowest BCUT2D eigenvalue weighted by Gasteiger charge is -2.25. The quantitative estimate of drug-likeness (QED) is 0.920. The summed E-state index contributed by atoms with van der Waals surface area (Å²) in [5.41, 5.74) is 0.675. The highest BCUT2D eigenvalue weighted by molar-refractivity contribution is 5.77. The molecule has 2 heterocycles. The third-order valence-electron chi connectivity index (χ3n) is 4.44. The molecular weight excluding hydrogens is 330 g/mol. The van der Waals surface area contributed by atoms with Gasteiger partial charge in [0.1, 0.15) is 6.54 Å². The molecule has 1 amide bonds. The summed E-state index contributed by atoms with van der Waals surface area (Å²) in [6, 6.07) is 6.22. The second-order valence-electron chi connectivity index (χ2n) is 6.25. The van der Waals surface area contributed by atoms with Crippen LogP contribution in [0, 0.1) is 18.6 Å². The summed E-state index contributed by atoms with van der Waals surface area (Å²) in [6.45, 7) is 1.57. The lowest BCUT2D eigenvalue weighted by atomic mass is 10.0. The average Bonchev–Trinajstić information content (AvgIpc) is 2.96. The molecule has 0 aliphatic carbocycles. The van der Waals surface area contributed by atoms with Crippen LogP contribution in [0.25, 0.3) is 0 Å². The van der Waals surface area contributed by atoms with Crippen molar-refractivity contribution >= 4 is 5.91 Å². The lowest BCUT2D eigenvalue weighted by Crippen LogP contribution is -2.37. The van der Waals surface area contributed by atoms with Crippen molar-refractivity contribution in [3.05, 3.63) is 69.6 Å². The first-order valence-electron chi connectivity index (χ1n) is 7.95. The molecule has 0 spiro atoms. The van der Waals surface area contributed by atoms with Gasteiger partial charge in [-0.05, 0) is 37.1 Å². The summed E-state index contributed by atoms with van der Waals surface area (Å²) in [4.78, 5) is 26.1. The molecule has 0 saturated carbocycles. The Labute approximate surface area is 143 Å². The van der Waals surface area contributed by atoms with Crippen molar-refractivity contribution in [1.82, 2.24) is 9.47 Å². The number of amides is 1. The lowest BCUT2D eigenvalue weighted by molar-refractivity contribution is -0.133. The van der Waals surface area contributed by atoms with E-state index in [4.69, 9.17) is 0 Å². The van der Waals surface area contributed by atoms with Crippen molar-refractivity contribution in [3.8, 4) is 0 Å². The van der Waals surface area contributed by atoms with E-state index in [9.17, 15) is 23.5 Å². The number of carbonyl (C=O) groups excluding carboxylic acids is 1. The van der Waals surface area contributed by atoms with Gasteiger partial charge in [-0.2, -0.15) is 0 Å². The smallest absolute Gasteiger partial charge is 0.253 e. The summed E-state index contributed by atoms with van der Waals surface area (Å²) in [6.07, 6.45) is 1.00. The predicted molar refractivity (Wildman–Crippen MR) is 86.9 cm³/mol. The maximum atomic E-state index is 13.5. The van der Waals surface area contributed by atoms with Crippen molar-refractivity contribution in [1.29, 1.82) is 0 Å². The predicted octanol–water partition coefficient (Wildman–Crippen LogP) is 1.77. The van der Waals surface area contributed by atoms with Crippen LogP contribution >= 0.6 is 0 Å². The first-order chi connectivity index (χ1) is 11.9. The van der Waals surface area contributed by atoms with Crippen LogP contribution in [0.3, 0.4) is 0 Å². The highest BCUT2D eigenvalue weighted by Crippen LogP contribution is 2.33. The normalized spacial score (nSPS) is 20.1. The molecule has 1 aliphatic heterocycles. The van der Waals surface area contributed by atoms with Crippen LogP contribution in [-0.2, 0) is 11.3 Å². The van der Waals surface area contributed by atoms with E-state index in [0.29, 0.717) is 11.1 Å². The van der Waals surface area contributed by atoms with E-state index in [1.807, 2.05) is 0 Å². The molecule has 1 aromatic heterocycles. The molecule has 132 valence electrons. The van der Waals surface area contributed by atoms with Crippen LogP contribution in [0.15, 0.2) is 41.3 Å². The van der Waals surface area contributed by atoms with Crippen LogP contribution in [0.5, 0.6) is 0 Å². The van der Waals surface area contributed by atoms with Gasteiger partial charge in [-0.25, -0.2) is 8.78 Å². The van der Waals surface area contributed by atoms with Crippen molar-refractivity contribution in [2.24, 2.45) is 0 Å². The molecule has 7 heteroatoms. The van der Waals surface area contributed by atoms with Gasteiger partial charge in [0.05, 0.1) is 12.1 Å². The molecule has 1 aromatic carbocycles. The SMILES string of the molecule is Cc1cccn(CC(=O)N2C[C@H](O)C[C@H]2c2ccc(F)c(F)c2)c1=O. The maximum Gasteiger partial charge on any atom is 0.253 e. The second kappa shape index (κ2) is 6.76. The molecular formula is C18H18F2N2O3. The van der Waals surface area contributed by atoms with E-state index in [2.05, 4.69) is 0 Å². The third kappa shape index (κ3) is 3.46. The molecule has 1 saturated heterocycles. The fourth-order valence-electron chi connectivity index (χ4n) is 3.14. The average molecular weight is 348 g/mol. The van der Waals surface area contributed by atoms with Crippen LogP contribution < -0.4 is 5.56 Å². The summed E-state index contributed by atoms with van der Waals surface area (Å²) >= 11 is 0. The number of hydrogen-bond donors (Lipinski definition) is 1. The molecule has 0 unspecified atom stereocenters. The van der Waals surface area contributed by atoms with E-state index in [1.165, 1.54) is 21.7 Å². The molecule has 3 rings (SSSR count). The minimum Gasteiger partial charge on any atom is -0.391 e. The minimum atomic E-state index is -0.999. The number of aliphatic hydroxyl groups is 1. The van der Waals surface area contributed by atoms with Gasteiger partial charge < -0.3 is 14.6 Å². The number of halogens is 2. The molecule has 1 aliphatic rings. The third-order valence-corrected chi connectivity index (χ3v) is 4.44. The summed E-state index contributed by atoms with van der Waals surface area (Å²) in [5, 5.41) is 9.94. The van der Waals surface area contributed by atoms with E-state index < -0.39 is 23.8 Å². The Morgan fingerprint density at radius 3 is 2.76 bits per heavy atom. The largest absolute Gasteiger partial charge is 0.391 e. The van der Waals surface area contributed by atoms with E-state index in [-0.39, 0.29) is 31.0 Å². The van der Waals surface area contributed by atoms with Gasteiger partial charge in [0.25, 0.3) is 5.56 Å². The number of aliphatic hydroxyl groups excluding tert-OH is 1. The molecule has 0 bridgehead atoms. The van der Waals surface area contributed by atoms with Crippen molar-refractivity contribution < 1.29 is 18.7 Å². The molecule has 1 N–H and O–H groups in total.